The minimum Gasteiger partial charge on any atom is -0.496 e. The molecule has 2 heterocycles. The molecule has 2 aromatic rings. The van der Waals surface area contributed by atoms with Crippen LogP contribution in [0.5, 0.6) is 5.75 Å². The number of methoxy groups -OCH3 is 1. The zero-order valence-corrected chi connectivity index (χ0v) is 15.8. The lowest BCUT2D eigenvalue weighted by Gasteiger charge is -2.47. The summed E-state index contributed by atoms with van der Waals surface area (Å²) >= 11 is 0. The first-order valence-electron chi connectivity index (χ1n) is 9.11. The molecule has 0 radical (unpaired) electrons. The molecule has 2 aromatic carbocycles. The van der Waals surface area contributed by atoms with Gasteiger partial charge in [0.05, 0.1) is 18.4 Å². The van der Waals surface area contributed by atoms with Crippen molar-refractivity contribution in [3.63, 3.8) is 0 Å². The predicted molar refractivity (Wildman–Crippen MR) is 103 cm³/mol. The Morgan fingerprint density at radius 2 is 1.86 bits per heavy atom. The van der Waals surface area contributed by atoms with Gasteiger partial charge < -0.3 is 15.0 Å². The quantitative estimate of drug-likeness (QED) is 0.880. The van der Waals surface area contributed by atoms with Crippen molar-refractivity contribution in [3.8, 4) is 5.75 Å². The van der Waals surface area contributed by atoms with Crippen molar-refractivity contribution in [1.82, 2.24) is 10.2 Å². The normalized spacial score (nSPS) is 20.6. The minimum absolute atomic E-state index is 0.167. The average molecular weight is 379 g/mol. The Labute approximate surface area is 162 Å². The number of hydrogen-bond acceptors (Lipinski definition) is 4. The van der Waals surface area contributed by atoms with Gasteiger partial charge in [-0.3, -0.25) is 19.3 Å². The predicted octanol–water partition coefficient (Wildman–Crippen LogP) is 1.92. The highest BCUT2D eigenvalue weighted by Gasteiger charge is 2.59. The fourth-order valence-corrected chi connectivity index (χ4v) is 4.09. The number of benzene rings is 2. The third-order valence-electron chi connectivity index (χ3n) is 5.54. The van der Waals surface area contributed by atoms with E-state index in [0.29, 0.717) is 17.0 Å². The van der Waals surface area contributed by atoms with Crippen molar-refractivity contribution in [1.29, 1.82) is 0 Å². The second-order valence-electron chi connectivity index (χ2n) is 6.92. The number of hydrogen-bond donors (Lipinski definition) is 1. The first kappa shape index (κ1) is 18.0. The van der Waals surface area contributed by atoms with E-state index in [2.05, 4.69) is 5.32 Å². The fraction of sp³-hybridized carbons (Fsp3) is 0.286. The van der Waals surface area contributed by atoms with Crippen LogP contribution < -0.4 is 15.0 Å². The summed E-state index contributed by atoms with van der Waals surface area (Å²) < 4.78 is 5.33. The Kier molecular flexibility index (Phi) is 4.30. The third kappa shape index (κ3) is 2.46. The van der Waals surface area contributed by atoms with Gasteiger partial charge in [0.15, 0.2) is 0 Å². The van der Waals surface area contributed by atoms with Gasteiger partial charge in [0.25, 0.3) is 11.8 Å². The van der Waals surface area contributed by atoms with E-state index in [1.54, 1.807) is 38.4 Å². The molecule has 4 rings (SSSR count). The molecule has 0 saturated carbocycles. The van der Waals surface area contributed by atoms with Crippen molar-refractivity contribution in [2.45, 2.75) is 25.0 Å². The lowest BCUT2D eigenvalue weighted by Crippen LogP contribution is -2.69. The number of likely N-dealkylation sites (N-methyl/N-ethyl adjacent to an activating group) is 1. The summed E-state index contributed by atoms with van der Waals surface area (Å²) in [5.41, 5.74) is 0.370. The molecule has 2 aliphatic rings. The largest absolute Gasteiger partial charge is 0.496 e. The van der Waals surface area contributed by atoms with Crippen LogP contribution in [0.1, 0.15) is 28.8 Å². The van der Waals surface area contributed by atoms with Crippen LogP contribution in [0.25, 0.3) is 0 Å². The first-order chi connectivity index (χ1) is 13.5. The number of carbonyl (C=O) groups excluding carboxylic acids is 3. The topological polar surface area (TPSA) is 79.0 Å². The Hall–Kier alpha value is -3.35. The van der Waals surface area contributed by atoms with E-state index in [9.17, 15) is 14.4 Å². The van der Waals surface area contributed by atoms with Crippen LogP contribution in [0.3, 0.4) is 0 Å². The summed E-state index contributed by atoms with van der Waals surface area (Å²) in [5, 5.41) is 2.90. The highest BCUT2D eigenvalue weighted by molar-refractivity contribution is 6.16. The molecule has 0 aliphatic carbocycles. The molecule has 1 N–H and O–H groups in total. The van der Waals surface area contributed by atoms with Gasteiger partial charge in [0.1, 0.15) is 5.75 Å². The van der Waals surface area contributed by atoms with E-state index in [-0.39, 0.29) is 37.1 Å². The SMILES string of the molecule is COc1ccccc1CNC(=O)[C@]12CCC(=O)N1c1ccccc1C(=O)N2C. The molecule has 0 aromatic heterocycles. The standard InChI is InChI=1S/C21H21N3O4/c1-23-19(26)15-8-4-5-9-16(15)24-18(25)11-12-21(23,24)20(27)22-13-14-7-3-6-10-17(14)28-2/h3-10H,11-13H2,1-2H3,(H,22,27)/t21-/m0/s1. The zero-order chi connectivity index (χ0) is 19.9. The van der Waals surface area contributed by atoms with Gasteiger partial charge in [-0.15, -0.1) is 0 Å². The van der Waals surface area contributed by atoms with E-state index in [0.717, 1.165) is 5.56 Å². The van der Waals surface area contributed by atoms with Crippen LogP contribution in [0.4, 0.5) is 5.69 Å². The maximum Gasteiger partial charge on any atom is 0.267 e. The van der Waals surface area contributed by atoms with Gasteiger partial charge in [-0.1, -0.05) is 30.3 Å². The number of carbonyl (C=O) groups is 3. The summed E-state index contributed by atoms with van der Waals surface area (Å²) in [7, 11) is 3.15. The van der Waals surface area contributed by atoms with Crippen LogP contribution in [0.2, 0.25) is 0 Å². The highest BCUT2D eigenvalue weighted by atomic mass is 16.5. The molecule has 1 fully saturated rings. The molecule has 0 bridgehead atoms. The number of nitrogens with one attached hydrogen (secondary N) is 1. The van der Waals surface area contributed by atoms with E-state index >= 15 is 0 Å². The second-order valence-corrected chi connectivity index (χ2v) is 6.92. The maximum absolute atomic E-state index is 13.3. The second kappa shape index (κ2) is 6.67. The molecular weight excluding hydrogens is 358 g/mol. The third-order valence-corrected chi connectivity index (χ3v) is 5.54. The lowest BCUT2D eigenvalue weighted by atomic mass is 9.96. The Morgan fingerprint density at radius 1 is 1.14 bits per heavy atom. The van der Waals surface area contributed by atoms with Crippen molar-refractivity contribution in [3.05, 3.63) is 59.7 Å². The smallest absolute Gasteiger partial charge is 0.267 e. The van der Waals surface area contributed by atoms with Crippen LogP contribution in [-0.2, 0) is 16.1 Å². The van der Waals surface area contributed by atoms with Crippen LogP contribution in [0, 0.1) is 0 Å². The van der Waals surface area contributed by atoms with Gasteiger partial charge in [-0.25, -0.2) is 0 Å². The zero-order valence-electron chi connectivity index (χ0n) is 15.8. The van der Waals surface area contributed by atoms with Crippen molar-refractivity contribution < 1.29 is 19.1 Å². The van der Waals surface area contributed by atoms with Gasteiger partial charge >= 0.3 is 0 Å². The van der Waals surface area contributed by atoms with E-state index in [4.69, 9.17) is 4.74 Å². The van der Waals surface area contributed by atoms with Gasteiger partial charge in [-0.2, -0.15) is 0 Å². The molecule has 2 aliphatic heterocycles. The number of para-hydroxylation sites is 2. The van der Waals surface area contributed by atoms with E-state index < -0.39 is 5.66 Å². The van der Waals surface area contributed by atoms with Crippen LogP contribution in [0.15, 0.2) is 48.5 Å². The number of rotatable bonds is 4. The van der Waals surface area contributed by atoms with Crippen LogP contribution >= 0.6 is 0 Å². The molecule has 0 spiro atoms. The summed E-state index contributed by atoms with van der Waals surface area (Å²) in [4.78, 5) is 41.8. The first-order valence-corrected chi connectivity index (χ1v) is 9.11. The summed E-state index contributed by atoms with van der Waals surface area (Å²) in [6.45, 7) is 0.232. The Bertz CT molecular complexity index is 974. The molecule has 3 amide bonds. The Balaban J connectivity index is 1.70. The molecular formula is C21H21N3O4. The van der Waals surface area contributed by atoms with Gasteiger partial charge in [0, 0.05) is 32.0 Å². The van der Waals surface area contributed by atoms with Gasteiger partial charge in [0.2, 0.25) is 11.6 Å². The minimum atomic E-state index is -1.36. The number of fused-ring (bicyclic) bond motifs is 3. The number of ether oxygens (including phenoxy) is 1. The summed E-state index contributed by atoms with van der Waals surface area (Å²) in [6, 6.07) is 14.3. The molecule has 7 nitrogen and oxygen atoms in total. The van der Waals surface area contributed by atoms with Crippen molar-refractivity contribution in [2.24, 2.45) is 0 Å². The summed E-state index contributed by atoms with van der Waals surface area (Å²) in [6.07, 6.45) is 0.453. The molecule has 28 heavy (non-hydrogen) atoms. The number of nitrogens with zero attached hydrogens (tertiary/aromatic N) is 2. The van der Waals surface area contributed by atoms with E-state index in [1.807, 2.05) is 24.3 Å². The molecule has 1 atom stereocenters. The van der Waals surface area contributed by atoms with Crippen LogP contribution in [-0.4, -0.2) is 42.4 Å². The monoisotopic (exact) mass is 379 g/mol. The molecule has 144 valence electrons. The van der Waals surface area contributed by atoms with Gasteiger partial charge in [-0.05, 0) is 18.2 Å². The average Bonchev–Trinajstić information content (AvgIpc) is 3.09. The van der Waals surface area contributed by atoms with E-state index in [1.165, 1.54) is 9.80 Å². The highest BCUT2D eigenvalue weighted by Crippen LogP contribution is 2.43. The molecule has 0 unspecified atom stereocenters. The Morgan fingerprint density at radius 3 is 2.64 bits per heavy atom. The van der Waals surface area contributed by atoms with Crippen molar-refractivity contribution >= 4 is 23.4 Å². The van der Waals surface area contributed by atoms with Crippen molar-refractivity contribution in [2.75, 3.05) is 19.1 Å². The number of anilines is 1. The molecule has 1 saturated heterocycles. The molecule has 7 heteroatoms. The summed E-state index contributed by atoms with van der Waals surface area (Å²) in [5.74, 6) is -0.152. The lowest BCUT2D eigenvalue weighted by molar-refractivity contribution is -0.133. The maximum atomic E-state index is 13.3. The fourth-order valence-electron chi connectivity index (χ4n) is 4.09. The number of amides is 3.